The summed E-state index contributed by atoms with van der Waals surface area (Å²) in [6, 6.07) is 8.17. The normalized spacial score (nSPS) is 24.0. The average molecular weight is 275 g/mol. The van der Waals surface area contributed by atoms with Crippen LogP contribution in [0.5, 0.6) is 0 Å². The zero-order chi connectivity index (χ0) is 13.9. The number of morpholine rings is 1. The number of hydrogen-bond donors (Lipinski definition) is 1. The van der Waals surface area contributed by atoms with Crippen LogP contribution in [0.1, 0.15) is 0 Å². The maximum Gasteiger partial charge on any atom is 0.329 e. The van der Waals surface area contributed by atoms with Crippen molar-refractivity contribution < 1.29 is 14.3 Å². The Morgan fingerprint density at radius 3 is 2.55 bits per heavy atom. The number of para-hydroxylation sites is 1. The Labute approximate surface area is 117 Å². The molecule has 20 heavy (non-hydrogen) atoms. The van der Waals surface area contributed by atoms with Gasteiger partial charge in [0.1, 0.15) is 6.04 Å². The minimum absolute atomic E-state index is 0.187. The Morgan fingerprint density at radius 1 is 1.15 bits per heavy atom. The lowest BCUT2D eigenvalue weighted by molar-refractivity contribution is -0.119. The van der Waals surface area contributed by atoms with Gasteiger partial charge in [0.15, 0.2) is 0 Å². The molecule has 3 rings (SSSR count). The fraction of sp³-hybridized carbons (Fsp3) is 0.429. The third-order valence-corrected chi connectivity index (χ3v) is 3.58. The average Bonchev–Trinajstić information content (AvgIpc) is 2.75. The number of rotatable bonds is 3. The minimum Gasteiger partial charge on any atom is -0.379 e. The van der Waals surface area contributed by atoms with E-state index in [1.54, 1.807) is 12.1 Å². The molecule has 0 saturated carbocycles. The van der Waals surface area contributed by atoms with Gasteiger partial charge in [-0.2, -0.15) is 0 Å². The topological polar surface area (TPSA) is 61.9 Å². The number of hydrogen-bond acceptors (Lipinski definition) is 4. The molecule has 6 heteroatoms. The highest BCUT2D eigenvalue weighted by atomic mass is 16.5. The number of nitrogens with one attached hydrogen (secondary N) is 1. The molecule has 2 heterocycles. The van der Waals surface area contributed by atoms with Crippen molar-refractivity contribution >= 4 is 17.6 Å². The van der Waals surface area contributed by atoms with Crippen LogP contribution < -0.4 is 10.2 Å². The fourth-order valence-electron chi connectivity index (χ4n) is 2.52. The van der Waals surface area contributed by atoms with E-state index >= 15 is 0 Å². The predicted octanol–water partition coefficient (Wildman–Crippen LogP) is 0.444. The third-order valence-electron chi connectivity index (χ3n) is 3.58. The van der Waals surface area contributed by atoms with Crippen molar-refractivity contribution in [2.45, 2.75) is 6.04 Å². The largest absolute Gasteiger partial charge is 0.379 e. The van der Waals surface area contributed by atoms with Crippen LogP contribution in [0.3, 0.4) is 0 Å². The second-order valence-corrected chi connectivity index (χ2v) is 4.92. The summed E-state index contributed by atoms with van der Waals surface area (Å²) >= 11 is 0. The van der Waals surface area contributed by atoms with Gasteiger partial charge in [-0.1, -0.05) is 18.2 Å². The van der Waals surface area contributed by atoms with Gasteiger partial charge in [-0.15, -0.1) is 0 Å². The molecule has 0 bridgehead atoms. The van der Waals surface area contributed by atoms with Crippen LogP contribution in [0.25, 0.3) is 0 Å². The van der Waals surface area contributed by atoms with E-state index in [-0.39, 0.29) is 11.9 Å². The van der Waals surface area contributed by atoms with Crippen LogP contribution in [-0.2, 0) is 9.53 Å². The van der Waals surface area contributed by atoms with Crippen molar-refractivity contribution in [1.82, 2.24) is 10.2 Å². The summed E-state index contributed by atoms with van der Waals surface area (Å²) in [5, 5.41) is 2.75. The molecule has 6 nitrogen and oxygen atoms in total. The molecule has 2 fully saturated rings. The second-order valence-electron chi connectivity index (χ2n) is 4.92. The Balaban J connectivity index is 1.70. The molecule has 0 aromatic heterocycles. The summed E-state index contributed by atoms with van der Waals surface area (Å²) in [6.07, 6.45) is 0. The van der Waals surface area contributed by atoms with E-state index in [0.29, 0.717) is 25.4 Å². The highest BCUT2D eigenvalue weighted by Crippen LogP contribution is 2.19. The molecule has 0 aliphatic carbocycles. The molecule has 1 unspecified atom stereocenters. The number of imide groups is 1. The summed E-state index contributed by atoms with van der Waals surface area (Å²) in [7, 11) is 0. The Morgan fingerprint density at radius 2 is 1.85 bits per heavy atom. The van der Waals surface area contributed by atoms with Gasteiger partial charge in [-0.3, -0.25) is 9.69 Å². The standard InChI is InChI=1S/C14H17N3O3/c18-13-12(10-16-6-8-20-9-7-16)15-14(19)17(13)11-4-2-1-3-5-11/h1-5,12H,6-10H2,(H,15,19). The van der Waals surface area contributed by atoms with Crippen LogP contribution in [0.4, 0.5) is 10.5 Å². The van der Waals surface area contributed by atoms with E-state index in [1.807, 2.05) is 18.2 Å². The van der Waals surface area contributed by atoms with Gasteiger partial charge >= 0.3 is 6.03 Å². The van der Waals surface area contributed by atoms with Crippen LogP contribution in [0.2, 0.25) is 0 Å². The quantitative estimate of drug-likeness (QED) is 0.813. The molecule has 3 amide bonds. The minimum atomic E-state index is -0.471. The van der Waals surface area contributed by atoms with Crippen LogP contribution in [-0.4, -0.2) is 55.7 Å². The maximum absolute atomic E-state index is 12.4. The van der Waals surface area contributed by atoms with Crippen molar-refractivity contribution in [3.05, 3.63) is 30.3 Å². The van der Waals surface area contributed by atoms with Crippen molar-refractivity contribution in [2.24, 2.45) is 0 Å². The summed E-state index contributed by atoms with van der Waals surface area (Å²) in [5.74, 6) is -0.187. The lowest BCUT2D eigenvalue weighted by atomic mass is 10.2. The summed E-state index contributed by atoms with van der Waals surface area (Å²) in [5.41, 5.74) is 0.611. The van der Waals surface area contributed by atoms with Gasteiger partial charge in [0, 0.05) is 19.6 Å². The number of anilines is 1. The van der Waals surface area contributed by atoms with Crippen LogP contribution in [0, 0.1) is 0 Å². The van der Waals surface area contributed by atoms with E-state index in [0.717, 1.165) is 13.1 Å². The zero-order valence-electron chi connectivity index (χ0n) is 11.1. The summed E-state index contributed by atoms with van der Waals surface area (Å²) < 4.78 is 5.28. The number of carbonyl (C=O) groups excluding carboxylic acids is 2. The predicted molar refractivity (Wildman–Crippen MR) is 73.5 cm³/mol. The maximum atomic E-state index is 12.4. The molecule has 1 aromatic carbocycles. The molecule has 0 spiro atoms. The van der Waals surface area contributed by atoms with Gasteiger partial charge in [-0.25, -0.2) is 9.69 Å². The lowest BCUT2D eigenvalue weighted by Gasteiger charge is -2.28. The van der Waals surface area contributed by atoms with Crippen LogP contribution in [0.15, 0.2) is 30.3 Å². The molecular weight excluding hydrogens is 258 g/mol. The van der Waals surface area contributed by atoms with E-state index in [9.17, 15) is 9.59 Å². The molecule has 2 aliphatic heterocycles. The molecule has 0 radical (unpaired) electrons. The first-order valence-corrected chi connectivity index (χ1v) is 6.75. The van der Waals surface area contributed by atoms with Gasteiger partial charge in [0.25, 0.3) is 5.91 Å². The van der Waals surface area contributed by atoms with E-state index in [4.69, 9.17) is 4.74 Å². The van der Waals surface area contributed by atoms with Gasteiger partial charge in [-0.05, 0) is 12.1 Å². The van der Waals surface area contributed by atoms with E-state index < -0.39 is 6.04 Å². The molecule has 2 aliphatic rings. The van der Waals surface area contributed by atoms with Crippen molar-refractivity contribution in [2.75, 3.05) is 37.7 Å². The first-order chi connectivity index (χ1) is 9.75. The smallest absolute Gasteiger partial charge is 0.329 e. The summed E-state index contributed by atoms with van der Waals surface area (Å²) in [6.45, 7) is 3.49. The Kier molecular flexibility index (Phi) is 3.66. The number of benzene rings is 1. The van der Waals surface area contributed by atoms with Gasteiger partial charge < -0.3 is 10.1 Å². The van der Waals surface area contributed by atoms with Gasteiger partial charge in [0.05, 0.1) is 18.9 Å². The Hall–Kier alpha value is -1.92. The number of nitrogens with zero attached hydrogens (tertiary/aromatic N) is 2. The van der Waals surface area contributed by atoms with Crippen molar-refractivity contribution in [1.29, 1.82) is 0 Å². The molecule has 1 atom stereocenters. The SMILES string of the molecule is O=C1NC(CN2CCOCC2)C(=O)N1c1ccccc1. The van der Waals surface area contributed by atoms with Crippen LogP contribution >= 0.6 is 0 Å². The monoisotopic (exact) mass is 275 g/mol. The molecule has 1 N–H and O–H groups in total. The number of amides is 3. The van der Waals surface area contributed by atoms with E-state index in [2.05, 4.69) is 10.2 Å². The van der Waals surface area contributed by atoms with Crippen molar-refractivity contribution in [3.8, 4) is 0 Å². The second kappa shape index (κ2) is 5.60. The highest BCUT2D eigenvalue weighted by Gasteiger charge is 2.39. The molecule has 2 saturated heterocycles. The number of urea groups is 1. The number of carbonyl (C=O) groups is 2. The highest BCUT2D eigenvalue weighted by molar-refractivity contribution is 6.21. The molecular formula is C14H17N3O3. The van der Waals surface area contributed by atoms with E-state index in [1.165, 1.54) is 4.90 Å². The first-order valence-electron chi connectivity index (χ1n) is 6.75. The zero-order valence-corrected chi connectivity index (χ0v) is 11.1. The fourth-order valence-corrected chi connectivity index (χ4v) is 2.52. The summed E-state index contributed by atoms with van der Waals surface area (Å²) in [4.78, 5) is 27.7. The third kappa shape index (κ3) is 2.52. The van der Waals surface area contributed by atoms with Gasteiger partial charge in [0.2, 0.25) is 0 Å². The molecule has 106 valence electrons. The molecule has 1 aromatic rings. The lowest BCUT2D eigenvalue weighted by Crippen LogP contribution is -2.46. The van der Waals surface area contributed by atoms with Crippen molar-refractivity contribution in [3.63, 3.8) is 0 Å². The Bertz CT molecular complexity index is 500. The first kappa shape index (κ1) is 13.1. The number of ether oxygens (including phenoxy) is 1.